The second kappa shape index (κ2) is 5.52. The van der Waals surface area contributed by atoms with Gasteiger partial charge in [-0.2, -0.15) is 0 Å². The van der Waals surface area contributed by atoms with Gasteiger partial charge in [-0.05, 0) is 53.9 Å². The molecule has 0 aliphatic heterocycles. The molecule has 0 heterocycles. The molecule has 22 heavy (non-hydrogen) atoms. The Hall–Kier alpha value is -1.65. The van der Waals surface area contributed by atoms with Crippen LogP contribution in [0.1, 0.15) is 25.0 Å². The first-order valence-electron chi connectivity index (χ1n) is 7.48. The molecule has 1 aliphatic carbocycles. The molecule has 1 aliphatic rings. The third-order valence-electron chi connectivity index (χ3n) is 4.61. The van der Waals surface area contributed by atoms with Gasteiger partial charge in [-0.3, -0.25) is 0 Å². The monoisotopic (exact) mass is 314 g/mol. The van der Waals surface area contributed by atoms with Crippen LogP contribution < -0.4 is 11.5 Å². The van der Waals surface area contributed by atoms with Crippen LogP contribution in [0, 0.1) is 0 Å². The molecule has 3 rings (SSSR count). The summed E-state index contributed by atoms with van der Waals surface area (Å²) in [5.41, 5.74) is 15.4. The van der Waals surface area contributed by atoms with E-state index >= 15 is 0 Å². The zero-order valence-electron chi connectivity index (χ0n) is 12.9. The van der Waals surface area contributed by atoms with Gasteiger partial charge < -0.3 is 16.6 Å². The molecule has 0 saturated carbocycles. The van der Waals surface area contributed by atoms with E-state index in [1.54, 1.807) is 6.07 Å². The minimum atomic E-state index is -0.169. The number of fused-ring (bicyclic) bond motifs is 1. The molecule has 2 aromatic carbocycles. The minimum Gasteiger partial charge on any atom is -0.508 e. The smallest absolute Gasteiger partial charge is 0.115 e. The summed E-state index contributed by atoms with van der Waals surface area (Å²) in [7, 11) is 0. The number of aromatic hydroxyl groups is 1. The third-order valence-corrected chi connectivity index (χ3v) is 5.92. The maximum atomic E-state index is 9.78. The van der Waals surface area contributed by atoms with Crippen LogP contribution in [0.5, 0.6) is 5.75 Å². The fourth-order valence-corrected chi connectivity index (χ4v) is 4.56. The SMILES string of the molecule is CC1(C)c2cc(O)ccc2C[C@@H](Sc2ccc(N)cc2)[C@@H]1N. The van der Waals surface area contributed by atoms with Crippen molar-refractivity contribution in [3.8, 4) is 5.75 Å². The molecule has 0 radical (unpaired) electrons. The Labute approximate surface area is 135 Å². The Morgan fingerprint density at radius 1 is 1.14 bits per heavy atom. The molecular weight excluding hydrogens is 292 g/mol. The van der Waals surface area contributed by atoms with Crippen LogP contribution in [0.25, 0.3) is 0 Å². The van der Waals surface area contributed by atoms with Crippen molar-refractivity contribution in [2.75, 3.05) is 5.73 Å². The largest absolute Gasteiger partial charge is 0.508 e. The van der Waals surface area contributed by atoms with Crippen LogP contribution >= 0.6 is 11.8 Å². The summed E-state index contributed by atoms with van der Waals surface area (Å²) in [5.74, 6) is 0.309. The number of thioether (sulfide) groups is 1. The van der Waals surface area contributed by atoms with E-state index in [1.807, 2.05) is 48.2 Å². The van der Waals surface area contributed by atoms with E-state index in [0.29, 0.717) is 11.0 Å². The van der Waals surface area contributed by atoms with E-state index in [2.05, 4.69) is 13.8 Å². The molecule has 4 heteroatoms. The number of hydrogen-bond acceptors (Lipinski definition) is 4. The van der Waals surface area contributed by atoms with Crippen LogP contribution in [0.3, 0.4) is 0 Å². The Bertz CT molecular complexity index is 682. The summed E-state index contributed by atoms with van der Waals surface area (Å²) in [6, 6.07) is 13.6. The molecule has 5 N–H and O–H groups in total. The van der Waals surface area contributed by atoms with Crippen LogP contribution in [0.2, 0.25) is 0 Å². The standard InChI is InChI=1S/C18H22N2OS/c1-18(2)15-10-13(21)6-3-11(15)9-16(17(18)20)22-14-7-4-12(19)5-8-14/h3-8,10,16-17,21H,9,19-20H2,1-2H3/t16-,17+/m1/s1. The summed E-state index contributed by atoms with van der Waals surface area (Å²) in [4.78, 5) is 1.19. The summed E-state index contributed by atoms with van der Waals surface area (Å²) in [5, 5.41) is 10.1. The van der Waals surface area contributed by atoms with Gasteiger partial charge in [0.25, 0.3) is 0 Å². The topological polar surface area (TPSA) is 72.3 Å². The predicted octanol–water partition coefficient (Wildman–Crippen LogP) is 3.30. The Morgan fingerprint density at radius 2 is 1.82 bits per heavy atom. The van der Waals surface area contributed by atoms with Gasteiger partial charge in [-0.1, -0.05) is 19.9 Å². The Kier molecular flexibility index (Phi) is 3.83. The number of nitrogens with two attached hydrogens (primary N) is 2. The number of phenols is 1. The Balaban J connectivity index is 1.91. The lowest BCUT2D eigenvalue weighted by Crippen LogP contribution is -2.52. The van der Waals surface area contributed by atoms with E-state index in [9.17, 15) is 5.11 Å². The molecule has 0 fully saturated rings. The second-order valence-electron chi connectivity index (χ2n) is 6.52. The minimum absolute atomic E-state index is 0.0179. The van der Waals surface area contributed by atoms with Crippen molar-refractivity contribution >= 4 is 17.4 Å². The number of nitrogen functional groups attached to an aromatic ring is 1. The molecule has 116 valence electrons. The van der Waals surface area contributed by atoms with Gasteiger partial charge in [0.15, 0.2) is 0 Å². The molecule has 3 nitrogen and oxygen atoms in total. The van der Waals surface area contributed by atoms with Gasteiger partial charge in [0.05, 0.1) is 0 Å². The maximum Gasteiger partial charge on any atom is 0.115 e. The Morgan fingerprint density at radius 3 is 2.50 bits per heavy atom. The van der Waals surface area contributed by atoms with Crippen molar-refractivity contribution in [2.24, 2.45) is 5.73 Å². The van der Waals surface area contributed by atoms with Gasteiger partial charge in [-0.15, -0.1) is 11.8 Å². The number of anilines is 1. The average Bonchev–Trinajstić information content (AvgIpc) is 2.48. The van der Waals surface area contributed by atoms with Crippen molar-refractivity contribution in [3.63, 3.8) is 0 Å². The van der Waals surface area contributed by atoms with Crippen LogP contribution in [-0.4, -0.2) is 16.4 Å². The highest BCUT2D eigenvalue weighted by atomic mass is 32.2. The van der Waals surface area contributed by atoms with Gasteiger partial charge in [0, 0.05) is 27.3 Å². The van der Waals surface area contributed by atoms with Crippen molar-refractivity contribution in [1.82, 2.24) is 0 Å². The fourth-order valence-electron chi connectivity index (χ4n) is 3.17. The second-order valence-corrected chi connectivity index (χ2v) is 7.83. The zero-order chi connectivity index (χ0) is 15.9. The van der Waals surface area contributed by atoms with Crippen LogP contribution in [-0.2, 0) is 11.8 Å². The average molecular weight is 314 g/mol. The molecule has 0 bridgehead atoms. The molecule has 0 saturated heterocycles. The predicted molar refractivity (Wildman–Crippen MR) is 93.3 cm³/mol. The van der Waals surface area contributed by atoms with E-state index in [1.165, 1.54) is 10.5 Å². The summed E-state index contributed by atoms with van der Waals surface area (Å²) < 4.78 is 0. The fraction of sp³-hybridized carbons (Fsp3) is 0.333. The van der Waals surface area contributed by atoms with E-state index in [0.717, 1.165) is 17.7 Å². The lowest BCUT2D eigenvalue weighted by atomic mass is 9.69. The maximum absolute atomic E-state index is 9.78. The first-order valence-corrected chi connectivity index (χ1v) is 8.36. The van der Waals surface area contributed by atoms with Crippen molar-refractivity contribution in [2.45, 2.75) is 41.9 Å². The summed E-state index contributed by atoms with van der Waals surface area (Å²) >= 11 is 1.81. The van der Waals surface area contributed by atoms with Gasteiger partial charge in [-0.25, -0.2) is 0 Å². The molecule has 0 spiro atoms. The third kappa shape index (κ3) is 2.69. The lowest BCUT2D eigenvalue weighted by molar-refractivity contribution is 0.369. The van der Waals surface area contributed by atoms with Gasteiger partial charge in [0.2, 0.25) is 0 Å². The number of rotatable bonds is 2. The van der Waals surface area contributed by atoms with Crippen LogP contribution in [0.15, 0.2) is 47.4 Å². The van der Waals surface area contributed by atoms with E-state index < -0.39 is 0 Å². The van der Waals surface area contributed by atoms with Gasteiger partial charge >= 0.3 is 0 Å². The van der Waals surface area contributed by atoms with Crippen LogP contribution in [0.4, 0.5) is 5.69 Å². The number of hydrogen-bond donors (Lipinski definition) is 3. The van der Waals surface area contributed by atoms with E-state index in [-0.39, 0.29) is 11.5 Å². The summed E-state index contributed by atoms with van der Waals surface area (Å²) in [6.07, 6.45) is 0.912. The van der Waals surface area contributed by atoms with Crippen molar-refractivity contribution in [3.05, 3.63) is 53.6 Å². The molecular formula is C18H22N2OS. The van der Waals surface area contributed by atoms with Gasteiger partial charge in [0.1, 0.15) is 5.75 Å². The summed E-state index contributed by atoms with van der Waals surface area (Å²) in [6.45, 7) is 4.32. The first-order chi connectivity index (χ1) is 10.4. The van der Waals surface area contributed by atoms with Crippen molar-refractivity contribution in [1.29, 1.82) is 0 Å². The number of benzene rings is 2. The molecule has 0 amide bonds. The highest BCUT2D eigenvalue weighted by Crippen LogP contribution is 2.43. The highest BCUT2D eigenvalue weighted by Gasteiger charge is 2.40. The molecule has 0 unspecified atom stereocenters. The molecule has 2 aromatic rings. The highest BCUT2D eigenvalue weighted by molar-refractivity contribution is 8.00. The zero-order valence-corrected chi connectivity index (χ0v) is 13.7. The van der Waals surface area contributed by atoms with Crippen molar-refractivity contribution < 1.29 is 5.11 Å². The normalized spacial score (nSPS) is 23.0. The lowest BCUT2D eigenvalue weighted by Gasteiger charge is -2.43. The first kappa shape index (κ1) is 15.3. The molecule has 0 aromatic heterocycles. The quantitative estimate of drug-likeness (QED) is 0.744. The molecule has 2 atom stereocenters. The van der Waals surface area contributed by atoms with E-state index in [4.69, 9.17) is 11.5 Å². The number of phenolic OH excluding ortho intramolecular Hbond substituents is 1.